The summed E-state index contributed by atoms with van der Waals surface area (Å²) in [4.78, 5) is 25.6. The largest absolute Gasteiger partial charge is 0.481 e. The molecular weight excluding hydrogens is 266 g/mol. The lowest BCUT2D eigenvalue weighted by molar-refractivity contribution is -0.141. The predicted molar refractivity (Wildman–Crippen MR) is 81.8 cm³/mol. The Morgan fingerprint density at radius 1 is 1.00 bits per heavy atom. The predicted octanol–water partition coefficient (Wildman–Crippen LogP) is 3.16. The highest BCUT2D eigenvalue weighted by Gasteiger charge is 2.37. The molecule has 3 atom stereocenters. The first-order valence-electron chi connectivity index (χ1n) is 8.30. The summed E-state index contributed by atoms with van der Waals surface area (Å²) in [6.07, 6.45) is 5.27. The molecule has 1 heterocycles. The molecular formula is C17H29NO3. The summed E-state index contributed by atoms with van der Waals surface area (Å²) in [5.41, 5.74) is 0.306. The van der Waals surface area contributed by atoms with Gasteiger partial charge in [-0.25, -0.2) is 0 Å². The third-order valence-corrected chi connectivity index (χ3v) is 5.40. The van der Waals surface area contributed by atoms with Crippen LogP contribution in [0.2, 0.25) is 0 Å². The van der Waals surface area contributed by atoms with Crippen molar-refractivity contribution in [3.05, 3.63) is 0 Å². The van der Waals surface area contributed by atoms with Crippen LogP contribution in [0, 0.1) is 23.2 Å². The van der Waals surface area contributed by atoms with E-state index in [-0.39, 0.29) is 17.7 Å². The van der Waals surface area contributed by atoms with Gasteiger partial charge in [0.25, 0.3) is 0 Å². The molecule has 0 aromatic carbocycles. The van der Waals surface area contributed by atoms with E-state index in [4.69, 9.17) is 5.11 Å². The van der Waals surface area contributed by atoms with Crippen LogP contribution in [0.1, 0.15) is 59.3 Å². The minimum Gasteiger partial charge on any atom is -0.481 e. The monoisotopic (exact) mass is 295 g/mol. The van der Waals surface area contributed by atoms with Crippen molar-refractivity contribution >= 4 is 11.9 Å². The van der Waals surface area contributed by atoms with Crippen molar-refractivity contribution in [2.24, 2.45) is 23.2 Å². The lowest BCUT2D eigenvalue weighted by atomic mass is 9.77. The number of amides is 1. The molecule has 1 amide bonds. The van der Waals surface area contributed by atoms with Crippen LogP contribution in [-0.4, -0.2) is 35.0 Å². The Bertz CT molecular complexity index is 399. The summed E-state index contributed by atoms with van der Waals surface area (Å²) in [6, 6.07) is 0. The van der Waals surface area contributed by atoms with Crippen molar-refractivity contribution in [3.63, 3.8) is 0 Å². The Labute approximate surface area is 127 Å². The average molecular weight is 295 g/mol. The smallest absolute Gasteiger partial charge is 0.306 e. The zero-order valence-corrected chi connectivity index (χ0v) is 13.6. The Morgan fingerprint density at radius 3 is 2.24 bits per heavy atom. The van der Waals surface area contributed by atoms with E-state index in [9.17, 15) is 9.59 Å². The topological polar surface area (TPSA) is 57.6 Å². The minimum atomic E-state index is -0.742. The van der Waals surface area contributed by atoms with E-state index < -0.39 is 5.97 Å². The van der Waals surface area contributed by atoms with E-state index in [1.807, 2.05) is 4.90 Å². The van der Waals surface area contributed by atoms with Crippen LogP contribution in [0.4, 0.5) is 0 Å². The molecule has 0 spiro atoms. The maximum atomic E-state index is 12.6. The number of aliphatic carboxylic acids is 1. The van der Waals surface area contributed by atoms with Gasteiger partial charge in [0.05, 0.1) is 5.92 Å². The van der Waals surface area contributed by atoms with E-state index in [1.54, 1.807) is 0 Å². The van der Waals surface area contributed by atoms with Crippen LogP contribution < -0.4 is 0 Å². The van der Waals surface area contributed by atoms with Crippen molar-refractivity contribution in [1.82, 2.24) is 4.90 Å². The zero-order chi connectivity index (χ0) is 15.6. The second-order valence-corrected chi connectivity index (χ2v) is 7.86. The summed E-state index contributed by atoms with van der Waals surface area (Å²) in [5.74, 6) is -0.238. The van der Waals surface area contributed by atoms with Crippen molar-refractivity contribution in [3.8, 4) is 0 Å². The molecule has 4 nitrogen and oxygen atoms in total. The molecule has 120 valence electrons. The molecule has 1 unspecified atom stereocenters. The maximum Gasteiger partial charge on any atom is 0.306 e. The number of likely N-dealkylation sites (tertiary alicyclic amines) is 1. The Kier molecular flexibility index (Phi) is 4.95. The standard InChI is InChI=1S/C17H29NO3/c1-17(2,3)14-5-4-9-18(10-8-14)15(19)12-6-7-13(11-12)16(20)21/h12-14H,4-11H2,1-3H3,(H,20,21)/t12-,13+,14?/m1/s1. The third-order valence-electron chi connectivity index (χ3n) is 5.40. The number of carboxylic acid groups (broad SMARTS) is 1. The fourth-order valence-electron chi connectivity index (χ4n) is 3.87. The van der Waals surface area contributed by atoms with Gasteiger partial charge in [0.2, 0.25) is 5.91 Å². The van der Waals surface area contributed by atoms with Gasteiger partial charge in [-0.2, -0.15) is 0 Å². The first kappa shape index (κ1) is 16.3. The molecule has 0 aromatic rings. The fraction of sp³-hybridized carbons (Fsp3) is 0.882. The first-order chi connectivity index (χ1) is 9.79. The van der Waals surface area contributed by atoms with E-state index >= 15 is 0 Å². The molecule has 2 rings (SSSR count). The van der Waals surface area contributed by atoms with Gasteiger partial charge in [-0.15, -0.1) is 0 Å². The van der Waals surface area contributed by atoms with Gasteiger partial charge in [0.15, 0.2) is 0 Å². The Morgan fingerprint density at radius 2 is 1.67 bits per heavy atom. The van der Waals surface area contributed by atoms with E-state index in [1.165, 1.54) is 6.42 Å². The number of nitrogens with zero attached hydrogens (tertiary/aromatic N) is 1. The van der Waals surface area contributed by atoms with Gasteiger partial charge < -0.3 is 10.0 Å². The van der Waals surface area contributed by atoms with Gasteiger partial charge in [0.1, 0.15) is 0 Å². The number of hydrogen-bond acceptors (Lipinski definition) is 2. The highest BCUT2D eigenvalue weighted by molar-refractivity contribution is 5.81. The quantitative estimate of drug-likeness (QED) is 0.851. The van der Waals surface area contributed by atoms with Crippen LogP contribution in [0.25, 0.3) is 0 Å². The molecule has 0 aromatic heterocycles. The molecule has 1 aliphatic heterocycles. The lowest BCUT2D eigenvalue weighted by Crippen LogP contribution is -2.36. The molecule has 4 heteroatoms. The summed E-state index contributed by atoms with van der Waals surface area (Å²) in [7, 11) is 0. The maximum absolute atomic E-state index is 12.6. The summed E-state index contributed by atoms with van der Waals surface area (Å²) >= 11 is 0. The van der Waals surface area contributed by atoms with Crippen LogP contribution >= 0.6 is 0 Å². The van der Waals surface area contributed by atoms with Gasteiger partial charge in [-0.05, 0) is 49.9 Å². The molecule has 1 aliphatic carbocycles. The van der Waals surface area contributed by atoms with Gasteiger partial charge in [0, 0.05) is 19.0 Å². The molecule has 1 saturated carbocycles. The van der Waals surface area contributed by atoms with Crippen molar-refractivity contribution in [2.45, 2.75) is 59.3 Å². The molecule has 0 bridgehead atoms. The van der Waals surface area contributed by atoms with Crippen molar-refractivity contribution in [1.29, 1.82) is 0 Å². The first-order valence-corrected chi connectivity index (χ1v) is 8.30. The van der Waals surface area contributed by atoms with Crippen LogP contribution in [0.15, 0.2) is 0 Å². The number of rotatable bonds is 2. The summed E-state index contributed by atoms with van der Waals surface area (Å²) in [5, 5.41) is 9.07. The molecule has 1 saturated heterocycles. The lowest BCUT2D eigenvalue weighted by Gasteiger charge is -2.30. The van der Waals surface area contributed by atoms with Gasteiger partial charge in [-0.1, -0.05) is 20.8 Å². The summed E-state index contributed by atoms with van der Waals surface area (Å²) in [6.45, 7) is 8.53. The molecule has 1 N–H and O–H groups in total. The average Bonchev–Trinajstić information content (AvgIpc) is 2.74. The fourth-order valence-corrected chi connectivity index (χ4v) is 3.87. The normalized spacial score (nSPS) is 31.0. The molecule has 2 aliphatic rings. The van der Waals surface area contributed by atoms with Crippen molar-refractivity contribution in [2.75, 3.05) is 13.1 Å². The van der Waals surface area contributed by atoms with E-state index in [0.717, 1.165) is 32.4 Å². The number of carbonyl (C=O) groups is 2. The zero-order valence-electron chi connectivity index (χ0n) is 13.6. The Balaban J connectivity index is 1.91. The third kappa shape index (κ3) is 3.98. The van der Waals surface area contributed by atoms with E-state index in [0.29, 0.717) is 24.2 Å². The van der Waals surface area contributed by atoms with Crippen molar-refractivity contribution < 1.29 is 14.7 Å². The van der Waals surface area contributed by atoms with Gasteiger partial charge >= 0.3 is 5.97 Å². The number of carbonyl (C=O) groups excluding carboxylic acids is 1. The minimum absolute atomic E-state index is 0.0581. The SMILES string of the molecule is CC(C)(C)C1CCCN(C(=O)[C@@H]2CC[C@H](C(=O)O)C2)CC1. The van der Waals surface area contributed by atoms with Crippen LogP contribution in [0.3, 0.4) is 0 Å². The van der Waals surface area contributed by atoms with Gasteiger partial charge in [-0.3, -0.25) is 9.59 Å². The number of carboxylic acids is 1. The highest BCUT2D eigenvalue weighted by Crippen LogP contribution is 2.36. The second kappa shape index (κ2) is 6.37. The Hall–Kier alpha value is -1.06. The number of hydrogen-bond donors (Lipinski definition) is 1. The van der Waals surface area contributed by atoms with Crippen LogP contribution in [0.5, 0.6) is 0 Å². The second-order valence-electron chi connectivity index (χ2n) is 7.86. The van der Waals surface area contributed by atoms with E-state index in [2.05, 4.69) is 20.8 Å². The molecule has 21 heavy (non-hydrogen) atoms. The van der Waals surface area contributed by atoms with Crippen LogP contribution in [-0.2, 0) is 9.59 Å². The molecule has 2 fully saturated rings. The highest BCUT2D eigenvalue weighted by atomic mass is 16.4. The summed E-state index contributed by atoms with van der Waals surface area (Å²) < 4.78 is 0. The molecule has 0 radical (unpaired) electrons.